The number of nitrogens with two attached hydrogens (primary N) is 1. The lowest BCUT2D eigenvalue weighted by Crippen LogP contribution is -2.37. The highest BCUT2D eigenvalue weighted by molar-refractivity contribution is 6.32. The molecule has 4 aromatic rings. The number of amides is 2. The number of rotatable bonds is 14. The number of benzene rings is 2. The Hall–Kier alpha value is -4.78. The average molecular weight is 646 g/mol. The number of fused-ring (bicyclic) bond motifs is 1. The third-order valence-electron chi connectivity index (χ3n) is 7.50. The maximum absolute atomic E-state index is 13.1. The lowest BCUT2D eigenvalue weighted by atomic mass is 10.0. The summed E-state index contributed by atoms with van der Waals surface area (Å²) < 4.78 is 17.4. The minimum atomic E-state index is -0.854. The maximum atomic E-state index is 13.1. The molecular formula is C33H36ClN7O5. The summed E-state index contributed by atoms with van der Waals surface area (Å²) in [6.07, 6.45) is 3.92. The Labute approximate surface area is 271 Å². The van der Waals surface area contributed by atoms with Gasteiger partial charge in [-0.05, 0) is 49.7 Å². The Bertz CT molecular complexity index is 1700. The van der Waals surface area contributed by atoms with Gasteiger partial charge in [-0.2, -0.15) is 0 Å². The van der Waals surface area contributed by atoms with Crippen molar-refractivity contribution in [2.45, 2.75) is 20.0 Å². The van der Waals surface area contributed by atoms with Crippen LogP contribution in [0, 0.1) is 5.92 Å². The SMILES string of the molecule is C=C(C(N)=O)C(C)C(=O)Nc1cc2c(Nc3ccc(OCc4ccccn4)c(Cl)c3)ncnc2cc1OCCCN1CCOCC1. The van der Waals surface area contributed by atoms with E-state index in [1.807, 2.05) is 24.3 Å². The van der Waals surface area contributed by atoms with Crippen molar-refractivity contribution in [2.24, 2.45) is 11.7 Å². The number of hydrogen-bond acceptors (Lipinski definition) is 10. The van der Waals surface area contributed by atoms with Gasteiger partial charge >= 0.3 is 0 Å². The van der Waals surface area contributed by atoms with E-state index in [0.717, 1.165) is 45.0 Å². The molecule has 13 heteroatoms. The lowest BCUT2D eigenvalue weighted by Gasteiger charge is -2.26. The molecule has 0 saturated carbocycles. The second-order valence-electron chi connectivity index (χ2n) is 10.7. The quantitative estimate of drug-likeness (QED) is 0.130. The van der Waals surface area contributed by atoms with Crippen molar-refractivity contribution in [1.29, 1.82) is 0 Å². The number of anilines is 3. The molecule has 1 unspecified atom stereocenters. The minimum Gasteiger partial charge on any atom is -0.491 e. The second kappa shape index (κ2) is 15.5. The molecule has 3 heterocycles. The van der Waals surface area contributed by atoms with Gasteiger partial charge in [0.1, 0.15) is 30.3 Å². The molecule has 46 heavy (non-hydrogen) atoms. The Morgan fingerprint density at radius 2 is 1.91 bits per heavy atom. The summed E-state index contributed by atoms with van der Waals surface area (Å²) in [4.78, 5) is 40.3. The van der Waals surface area contributed by atoms with Crippen molar-refractivity contribution in [3.05, 3.63) is 83.9 Å². The number of hydrogen-bond donors (Lipinski definition) is 3. The highest BCUT2D eigenvalue weighted by Crippen LogP contribution is 2.35. The fourth-order valence-electron chi connectivity index (χ4n) is 4.78. The van der Waals surface area contributed by atoms with Crippen LogP contribution in [0.5, 0.6) is 11.5 Å². The molecule has 1 atom stereocenters. The summed E-state index contributed by atoms with van der Waals surface area (Å²) in [6.45, 7) is 10.0. The van der Waals surface area contributed by atoms with Crippen molar-refractivity contribution < 1.29 is 23.8 Å². The van der Waals surface area contributed by atoms with Crippen LogP contribution in [0.3, 0.4) is 0 Å². The second-order valence-corrected chi connectivity index (χ2v) is 11.1. The number of pyridine rings is 1. The summed E-state index contributed by atoms with van der Waals surface area (Å²) in [5, 5.41) is 7.19. The number of carbonyl (C=O) groups excluding carboxylic acids is 2. The molecule has 1 fully saturated rings. The van der Waals surface area contributed by atoms with Crippen LogP contribution in [0.2, 0.25) is 5.02 Å². The zero-order valence-electron chi connectivity index (χ0n) is 25.5. The van der Waals surface area contributed by atoms with Gasteiger partial charge < -0.3 is 30.6 Å². The Morgan fingerprint density at radius 3 is 2.65 bits per heavy atom. The molecular weight excluding hydrogens is 610 g/mol. The van der Waals surface area contributed by atoms with E-state index in [0.29, 0.717) is 51.2 Å². The number of halogens is 1. The van der Waals surface area contributed by atoms with Crippen LogP contribution in [0.25, 0.3) is 10.9 Å². The number of primary amides is 1. The van der Waals surface area contributed by atoms with Crippen molar-refractivity contribution in [1.82, 2.24) is 19.9 Å². The molecule has 12 nitrogen and oxygen atoms in total. The Morgan fingerprint density at radius 1 is 1.09 bits per heavy atom. The van der Waals surface area contributed by atoms with Gasteiger partial charge in [0.25, 0.3) is 0 Å². The predicted molar refractivity (Wildman–Crippen MR) is 176 cm³/mol. The normalized spacial score (nSPS) is 14.0. The van der Waals surface area contributed by atoms with E-state index in [1.165, 1.54) is 6.33 Å². The molecule has 0 aliphatic carbocycles. The van der Waals surface area contributed by atoms with Crippen LogP contribution in [0.4, 0.5) is 17.2 Å². The molecule has 240 valence electrons. The van der Waals surface area contributed by atoms with Gasteiger partial charge in [0.2, 0.25) is 11.8 Å². The first-order chi connectivity index (χ1) is 22.3. The summed E-state index contributed by atoms with van der Waals surface area (Å²) >= 11 is 6.54. The topological polar surface area (TPSA) is 154 Å². The van der Waals surface area contributed by atoms with Crippen LogP contribution in [-0.2, 0) is 20.9 Å². The van der Waals surface area contributed by atoms with Crippen molar-refractivity contribution >= 4 is 51.5 Å². The molecule has 2 amide bonds. The van der Waals surface area contributed by atoms with E-state index in [-0.39, 0.29) is 12.2 Å². The highest BCUT2D eigenvalue weighted by Gasteiger charge is 2.22. The van der Waals surface area contributed by atoms with Gasteiger partial charge in [-0.25, -0.2) is 9.97 Å². The first-order valence-corrected chi connectivity index (χ1v) is 15.3. The molecule has 5 rings (SSSR count). The van der Waals surface area contributed by atoms with Gasteiger partial charge in [0.05, 0.1) is 47.7 Å². The van der Waals surface area contributed by atoms with E-state index < -0.39 is 17.7 Å². The molecule has 0 bridgehead atoms. The molecule has 1 saturated heterocycles. The van der Waals surface area contributed by atoms with Gasteiger partial charge in [0, 0.05) is 48.5 Å². The van der Waals surface area contributed by atoms with Crippen LogP contribution < -0.4 is 25.8 Å². The third-order valence-corrected chi connectivity index (χ3v) is 7.80. The molecule has 4 N–H and O–H groups in total. The van der Waals surface area contributed by atoms with Crippen molar-refractivity contribution in [3.63, 3.8) is 0 Å². The maximum Gasteiger partial charge on any atom is 0.244 e. The van der Waals surface area contributed by atoms with Gasteiger partial charge in [0.15, 0.2) is 0 Å². The van der Waals surface area contributed by atoms with Crippen LogP contribution in [0.1, 0.15) is 19.0 Å². The van der Waals surface area contributed by atoms with Gasteiger partial charge in [-0.1, -0.05) is 24.2 Å². The van der Waals surface area contributed by atoms with Crippen molar-refractivity contribution in [2.75, 3.05) is 50.1 Å². The first kappa shape index (κ1) is 32.6. The van der Waals surface area contributed by atoms with Crippen LogP contribution >= 0.6 is 11.6 Å². The minimum absolute atomic E-state index is 0.00120. The fraction of sp³-hybridized carbons (Fsp3) is 0.303. The fourth-order valence-corrected chi connectivity index (χ4v) is 5.01. The number of aromatic nitrogens is 3. The number of nitrogens with one attached hydrogen (secondary N) is 2. The summed E-state index contributed by atoms with van der Waals surface area (Å²) in [6, 6.07) is 14.4. The van der Waals surface area contributed by atoms with E-state index >= 15 is 0 Å². The van der Waals surface area contributed by atoms with Crippen molar-refractivity contribution in [3.8, 4) is 11.5 Å². The van der Waals surface area contributed by atoms with E-state index in [1.54, 1.807) is 37.4 Å². The smallest absolute Gasteiger partial charge is 0.244 e. The van der Waals surface area contributed by atoms with E-state index in [9.17, 15) is 9.59 Å². The summed E-state index contributed by atoms with van der Waals surface area (Å²) in [5.74, 6) is -0.632. The van der Waals surface area contributed by atoms with Crippen LogP contribution in [0.15, 0.2) is 73.2 Å². The molecule has 1 aliphatic heterocycles. The zero-order chi connectivity index (χ0) is 32.5. The average Bonchev–Trinajstić information content (AvgIpc) is 3.07. The molecule has 2 aromatic carbocycles. The Kier molecular flexibility index (Phi) is 11.0. The Balaban J connectivity index is 1.36. The summed E-state index contributed by atoms with van der Waals surface area (Å²) in [7, 11) is 0. The monoisotopic (exact) mass is 645 g/mol. The molecule has 2 aromatic heterocycles. The van der Waals surface area contributed by atoms with E-state index in [2.05, 4.69) is 37.1 Å². The number of morpholine rings is 1. The third kappa shape index (κ3) is 8.47. The number of nitrogens with zero attached hydrogens (tertiary/aromatic N) is 4. The van der Waals surface area contributed by atoms with Crippen LogP contribution in [-0.4, -0.2) is 71.1 Å². The van der Waals surface area contributed by atoms with E-state index in [4.69, 9.17) is 31.5 Å². The highest BCUT2D eigenvalue weighted by atomic mass is 35.5. The lowest BCUT2D eigenvalue weighted by molar-refractivity contribution is -0.121. The number of carbonyl (C=O) groups is 2. The molecule has 1 aliphatic rings. The zero-order valence-corrected chi connectivity index (χ0v) is 26.3. The van der Waals surface area contributed by atoms with Gasteiger partial charge in [-0.15, -0.1) is 0 Å². The predicted octanol–water partition coefficient (Wildman–Crippen LogP) is 4.72. The first-order valence-electron chi connectivity index (χ1n) is 14.9. The largest absolute Gasteiger partial charge is 0.491 e. The summed E-state index contributed by atoms with van der Waals surface area (Å²) in [5.41, 5.74) is 7.80. The standard InChI is InChI=1S/C33H36ClN7O5/c1-21(31(35)42)22(2)33(43)40-28-17-25-27(18-30(28)45-13-5-10-41-11-14-44-15-12-41)37-20-38-32(25)39-23-7-8-29(26(34)16-23)46-19-24-6-3-4-9-36-24/h3-4,6-9,16-18,20,22H,1,5,10-15,19H2,2H3,(H2,35,42)(H,40,43)(H,37,38,39). The van der Waals surface area contributed by atoms with Gasteiger partial charge in [-0.3, -0.25) is 19.5 Å². The number of ether oxygens (including phenoxy) is 3. The molecule has 0 spiro atoms. The molecule has 0 radical (unpaired) electrons.